The number of H-pyrrole nitrogens is 2. The molecule has 3 amide bonds. The van der Waals surface area contributed by atoms with Crippen molar-refractivity contribution in [2.45, 2.75) is 56.8 Å². The molecule has 2 saturated heterocycles. The maximum atomic E-state index is 14.2. The summed E-state index contributed by atoms with van der Waals surface area (Å²) in [7, 11) is 3.90. The Labute approximate surface area is 357 Å². The number of nitrogens with zero attached hydrogens (tertiary/aromatic N) is 6. The average Bonchev–Trinajstić information content (AvgIpc) is 4.12. The first-order valence-corrected chi connectivity index (χ1v) is 21.4. The predicted octanol–water partition coefficient (Wildman–Crippen LogP) is 8.69. The summed E-state index contributed by atoms with van der Waals surface area (Å²) in [6.45, 7) is 3.20. The van der Waals surface area contributed by atoms with Crippen LogP contribution in [-0.2, 0) is 9.59 Å². The minimum Gasteiger partial charge on any atom is -0.465 e. The van der Waals surface area contributed by atoms with E-state index >= 15 is 0 Å². The van der Waals surface area contributed by atoms with E-state index in [9.17, 15) is 19.5 Å². The number of rotatable bonds is 11. The van der Waals surface area contributed by atoms with E-state index in [1.807, 2.05) is 43.1 Å². The van der Waals surface area contributed by atoms with Crippen molar-refractivity contribution in [2.75, 3.05) is 27.2 Å². The largest absolute Gasteiger partial charge is 0.465 e. The van der Waals surface area contributed by atoms with Crippen LogP contribution in [0.25, 0.3) is 43.9 Å². The molecule has 2 fully saturated rings. The number of benzene rings is 4. The lowest BCUT2D eigenvalue weighted by molar-refractivity contribution is -0.137. The second-order valence-corrected chi connectivity index (χ2v) is 17.3. The standard InChI is InChI=1S/C47H47N9O4S/c1-28-50-35-25-34(21-22-40(35)61-28)42(54(2)3)46(58)56-24-8-12-39(56)44-49-27-37(52-44)32-19-15-30(16-20-32)29-13-17-31(18-14-29)36-26-48-43(51-36)38-11-7-23-55(38)45(57)41(53-47(59)60)33-9-5-4-6-10-33/h4-6,9-10,13-22,25-27,38-39,41-42,53H,7-8,11-12,23-24H2,1-3H3,(H,48,51)(H,49,52)(H,59,60)/t38-,39-,41+,42?/m0/s1. The quantitative estimate of drug-likeness (QED) is 0.101. The van der Waals surface area contributed by atoms with Crippen LogP contribution in [0.1, 0.15) is 77.6 Å². The van der Waals surface area contributed by atoms with Gasteiger partial charge in [0.1, 0.15) is 23.7 Å². The summed E-state index contributed by atoms with van der Waals surface area (Å²) in [5, 5.41) is 12.9. The zero-order valence-electron chi connectivity index (χ0n) is 34.2. The number of aromatic nitrogens is 5. The maximum Gasteiger partial charge on any atom is 0.405 e. The molecule has 4 atom stereocenters. The summed E-state index contributed by atoms with van der Waals surface area (Å²) in [4.78, 5) is 66.4. The van der Waals surface area contributed by atoms with Crippen LogP contribution in [-0.4, -0.2) is 89.8 Å². The lowest BCUT2D eigenvalue weighted by Crippen LogP contribution is -2.42. The van der Waals surface area contributed by atoms with Gasteiger partial charge < -0.3 is 30.2 Å². The van der Waals surface area contributed by atoms with Gasteiger partial charge in [0.15, 0.2) is 0 Å². The number of fused-ring (bicyclic) bond motifs is 1. The summed E-state index contributed by atoms with van der Waals surface area (Å²) in [5.41, 5.74) is 8.29. The molecule has 4 N–H and O–H groups in total. The van der Waals surface area contributed by atoms with Gasteiger partial charge in [-0.2, -0.15) is 0 Å². The summed E-state index contributed by atoms with van der Waals surface area (Å²) in [5.74, 6) is 1.24. The molecule has 5 heterocycles. The van der Waals surface area contributed by atoms with E-state index in [0.717, 1.165) is 85.9 Å². The first kappa shape index (κ1) is 39.8. The molecule has 3 aromatic heterocycles. The van der Waals surface area contributed by atoms with Crippen LogP contribution >= 0.6 is 11.3 Å². The molecule has 14 heteroatoms. The van der Waals surface area contributed by atoms with Crippen molar-refractivity contribution in [3.05, 3.63) is 137 Å². The second kappa shape index (κ2) is 16.8. The third kappa shape index (κ3) is 8.03. The van der Waals surface area contributed by atoms with Gasteiger partial charge in [0, 0.05) is 13.1 Å². The Morgan fingerprint density at radius 2 is 1.28 bits per heavy atom. The van der Waals surface area contributed by atoms with Gasteiger partial charge in [-0.1, -0.05) is 84.9 Å². The number of hydrogen-bond donors (Lipinski definition) is 4. The highest BCUT2D eigenvalue weighted by molar-refractivity contribution is 7.18. The van der Waals surface area contributed by atoms with E-state index in [1.165, 1.54) is 0 Å². The van der Waals surface area contributed by atoms with E-state index in [1.54, 1.807) is 46.7 Å². The Bertz CT molecular complexity index is 2690. The molecular weight excluding hydrogens is 787 g/mol. The number of carbonyl (C=O) groups is 3. The van der Waals surface area contributed by atoms with Crippen LogP contribution in [0.5, 0.6) is 0 Å². The van der Waals surface area contributed by atoms with Gasteiger partial charge in [0.05, 0.1) is 51.1 Å². The van der Waals surface area contributed by atoms with E-state index in [2.05, 4.69) is 92.0 Å². The Hall–Kier alpha value is -6.64. The minimum absolute atomic E-state index is 0.0667. The fraction of sp³-hybridized carbons (Fsp3) is 0.277. The molecule has 61 heavy (non-hydrogen) atoms. The molecule has 0 bridgehead atoms. The number of carbonyl (C=O) groups excluding carboxylic acids is 2. The summed E-state index contributed by atoms with van der Waals surface area (Å²) in [6, 6.07) is 29.9. The fourth-order valence-electron chi connectivity index (χ4n) is 8.89. The highest BCUT2D eigenvalue weighted by Crippen LogP contribution is 2.37. The van der Waals surface area contributed by atoms with Gasteiger partial charge in [-0.3, -0.25) is 14.5 Å². The maximum absolute atomic E-state index is 14.2. The average molecular weight is 834 g/mol. The van der Waals surface area contributed by atoms with Crippen molar-refractivity contribution in [2.24, 2.45) is 0 Å². The second-order valence-electron chi connectivity index (χ2n) is 16.0. The molecule has 13 nitrogen and oxygen atoms in total. The molecular formula is C47H47N9O4S. The molecule has 2 aliphatic heterocycles. The van der Waals surface area contributed by atoms with Crippen LogP contribution in [0.3, 0.4) is 0 Å². The van der Waals surface area contributed by atoms with Gasteiger partial charge in [0.2, 0.25) is 5.91 Å². The highest BCUT2D eigenvalue weighted by Gasteiger charge is 2.38. The van der Waals surface area contributed by atoms with Gasteiger partial charge in [-0.25, -0.2) is 19.7 Å². The highest BCUT2D eigenvalue weighted by atomic mass is 32.1. The number of carboxylic acid groups (broad SMARTS) is 1. The van der Waals surface area contributed by atoms with Gasteiger partial charge >= 0.3 is 6.09 Å². The number of thiazole rings is 1. The predicted molar refractivity (Wildman–Crippen MR) is 236 cm³/mol. The number of aromatic amines is 2. The number of imidazole rings is 2. The first-order valence-electron chi connectivity index (χ1n) is 20.6. The van der Waals surface area contributed by atoms with Gasteiger partial charge in [0.25, 0.3) is 5.91 Å². The smallest absolute Gasteiger partial charge is 0.405 e. The van der Waals surface area contributed by atoms with Crippen molar-refractivity contribution >= 4 is 39.5 Å². The van der Waals surface area contributed by atoms with Crippen molar-refractivity contribution in [3.8, 4) is 33.6 Å². The monoisotopic (exact) mass is 833 g/mol. The number of likely N-dealkylation sites (N-methyl/N-ethyl adjacent to an activating group) is 1. The molecule has 1 unspecified atom stereocenters. The normalized spacial score (nSPS) is 17.6. The number of aryl methyl sites for hydroxylation is 1. The molecule has 4 aromatic carbocycles. The molecule has 0 aliphatic carbocycles. The number of nitrogens with one attached hydrogen (secondary N) is 3. The summed E-state index contributed by atoms with van der Waals surface area (Å²) >= 11 is 1.66. The molecule has 0 radical (unpaired) electrons. The lowest BCUT2D eigenvalue weighted by Gasteiger charge is -2.31. The van der Waals surface area contributed by atoms with Crippen LogP contribution in [0, 0.1) is 6.92 Å². The van der Waals surface area contributed by atoms with E-state index in [-0.39, 0.29) is 23.9 Å². The zero-order valence-corrected chi connectivity index (χ0v) is 35.0. The number of likely N-dealkylation sites (tertiary alicyclic amines) is 2. The Morgan fingerprint density at radius 3 is 1.82 bits per heavy atom. The van der Waals surface area contributed by atoms with Crippen LogP contribution in [0.2, 0.25) is 0 Å². The molecule has 0 saturated carbocycles. The zero-order chi connectivity index (χ0) is 42.2. The third-order valence-corrected chi connectivity index (χ3v) is 12.8. The molecule has 0 spiro atoms. The Morgan fingerprint density at radius 1 is 0.738 bits per heavy atom. The topological polar surface area (TPSA) is 163 Å². The van der Waals surface area contributed by atoms with Gasteiger partial charge in [-0.15, -0.1) is 11.3 Å². The van der Waals surface area contributed by atoms with E-state index in [4.69, 9.17) is 4.98 Å². The fourth-order valence-corrected chi connectivity index (χ4v) is 9.70. The SMILES string of the molecule is Cc1nc2cc(C(C(=O)N3CCC[C@H]3c3ncc(-c4ccc(-c5ccc(-c6cnc([C@@H]7CCCN7C(=O)[C@H](NC(=O)O)c7ccccc7)[nH]6)cc5)cc4)[nH]3)N(C)C)ccc2s1. The third-order valence-electron chi connectivity index (χ3n) is 11.9. The van der Waals surface area contributed by atoms with E-state index in [0.29, 0.717) is 24.5 Å². The molecule has 9 rings (SSSR count). The minimum atomic E-state index is -1.25. The summed E-state index contributed by atoms with van der Waals surface area (Å²) in [6.07, 6.45) is 5.67. The Kier molecular flexibility index (Phi) is 11.0. The first-order chi connectivity index (χ1) is 29.6. The number of hydrogen-bond acceptors (Lipinski definition) is 8. The van der Waals surface area contributed by atoms with Crippen LogP contribution in [0.15, 0.2) is 109 Å². The van der Waals surface area contributed by atoms with E-state index < -0.39 is 18.2 Å². The van der Waals surface area contributed by atoms with Crippen molar-refractivity contribution in [1.82, 2.24) is 44.9 Å². The van der Waals surface area contributed by atoms with Crippen LogP contribution < -0.4 is 5.32 Å². The van der Waals surface area contributed by atoms with Crippen molar-refractivity contribution < 1.29 is 19.5 Å². The van der Waals surface area contributed by atoms with Crippen molar-refractivity contribution in [3.63, 3.8) is 0 Å². The number of amides is 3. The molecule has 2 aliphatic rings. The summed E-state index contributed by atoms with van der Waals surface area (Å²) < 4.78 is 1.12. The molecule has 7 aromatic rings. The Balaban J connectivity index is 0.861. The molecule has 310 valence electrons. The van der Waals surface area contributed by atoms with Crippen molar-refractivity contribution in [1.29, 1.82) is 0 Å². The van der Waals surface area contributed by atoms with Crippen LogP contribution in [0.4, 0.5) is 4.79 Å². The lowest BCUT2D eigenvalue weighted by atomic mass is 10.0. The van der Waals surface area contributed by atoms with Gasteiger partial charge in [-0.05, 0) is 92.2 Å².